The SMILES string of the molecule is Cc1ccc(C=C2C(=O)NC(=O)N(c3ccc(C(=O)O)cc3)C2=O)s1. The Hall–Kier alpha value is -3.26. The fourth-order valence-electron chi connectivity index (χ4n) is 2.32. The Bertz CT molecular complexity index is 927. The van der Waals surface area contributed by atoms with Gasteiger partial charge in [-0.25, -0.2) is 14.5 Å². The Morgan fingerprint density at radius 2 is 1.80 bits per heavy atom. The van der Waals surface area contributed by atoms with Crippen molar-refractivity contribution in [1.29, 1.82) is 0 Å². The van der Waals surface area contributed by atoms with E-state index in [0.29, 0.717) is 4.88 Å². The average molecular weight is 356 g/mol. The van der Waals surface area contributed by atoms with Gasteiger partial charge >= 0.3 is 12.0 Å². The molecule has 0 saturated carbocycles. The van der Waals surface area contributed by atoms with E-state index in [0.717, 1.165) is 9.78 Å². The zero-order valence-electron chi connectivity index (χ0n) is 13.0. The minimum absolute atomic E-state index is 0.0227. The van der Waals surface area contributed by atoms with Crippen molar-refractivity contribution in [3.05, 3.63) is 57.3 Å². The summed E-state index contributed by atoms with van der Waals surface area (Å²) < 4.78 is 0. The smallest absolute Gasteiger partial charge is 0.335 e. The van der Waals surface area contributed by atoms with Crippen LogP contribution in [0.5, 0.6) is 0 Å². The molecule has 2 heterocycles. The molecule has 25 heavy (non-hydrogen) atoms. The summed E-state index contributed by atoms with van der Waals surface area (Å²) in [6.07, 6.45) is 1.43. The Balaban J connectivity index is 1.98. The van der Waals surface area contributed by atoms with E-state index >= 15 is 0 Å². The molecule has 1 aliphatic rings. The number of imide groups is 2. The van der Waals surface area contributed by atoms with Crippen LogP contribution >= 0.6 is 11.3 Å². The van der Waals surface area contributed by atoms with Gasteiger partial charge in [0, 0.05) is 9.75 Å². The Morgan fingerprint density at radius 3 is 2.36 bits per heavy atom. The second-order valence-electron chi connectivity index (χ2n) is 5.26. The number of carbonyl (C=O) groups excluding carboxylic acids is 3. The highest BCUT2D eigenvalue weighted by molar-refractivity contribution is 7.12. The molecule has 3 rings (SSSR count). The van der Waals surface area contributed by atoms with Crippen LogP contribution in [0, 0.1) is 6.92 Å². The highest BCUT2D eigenvalue weighted by atomic mass is 32.1. The maximum Gasteiger partial charge on any atom is 0.335 e. The lowest BCUT2D eigenvalue weighted by molar-refractivity contribution is -0.122. The predicted molar refractivity (Wildman–Crippen MR) is 91.5 cm³/mol. The zero-order chi connectivity index (χ0) is 18.1. The second kappa shape index (κ2) is 6.33. The van der Waals surface area contributed by atoms with Crippen molar-refractivity contribution in [3.63, 3.8) is 0 Å². The number of carboxylic acid groups (broad SMARTS) is 1. The maximum atomic E-state index is 12.6. The number of carbonyl (C=O) groups is 4. The van der Waals surface area contributed by atoms with Crippen LogP contribution in [0.4, 0.5) is 10.5 Å². The molecule has 1 aromatic heterocycles. The summed E-state index contributed by atoms with van der Waals surface area (Å²) in [5, 5.41) is 11.0. The van der Waals surface area contributed by atoms with Crippen molar-refractivity contribution < 1.29 is 24.3 Å². The lowest BCUT2D eigenvalue weighted by Crippen LogP contribution is -2.54. The van der Waals surface area contributed by atoms with E-state index in [4.69, 9.17) is 5.11 Å². The molecule has 0 atom stereocenters. The molecule has 1 aliphatic heterocycles. The molecular formula is C17H12N2O5S. The molecule has 1 saturated heterocycles. The number of hydrogen-bond acceptors (Lipinski definition) is 5. The fraction of sp³-hybridized carbons (Fsp3) is 0.0588. The number of anilines is 1. The van der Waals surface area contributed by atoms with E-state index in [9.17, 15) is 19.2 Å². The van der Waals surface area contributed by atoms with Crippen molar-refractivity contribution in [2.24, 2.45) is 0 Å². The number of aryl methyl sites for hydroxylation is 1. The lowest BCUT2D eigenvalue weighted by atomic mass is 10.1. The molecule has 2 N–H and O–H groups in total. The summed E-state index contributed by atoms with van der Waals surface area (Å²) in [5.74, 6) is -2.65. The van der Waals surface area contributed by atoms with E-state index in [1.165, 1.54) is 41.7 Å². The first-order valence-corrected chi connectivity index (χ1v) is 8.00. The number of barbiturate groups is 1. The number of nitrogens with zero attached hydrogens (tertiary/aromatic N) is 1. The number of thiophene rings is 1. The molecule has 0 aliphatic carbocycles. The second-order valence-corrected chi connectivity index (χ2v) is 6.58. The van der Waals surface area contributed by atoms with Crippen molar-refractivity contribution in [1.82, 2.24) is 5.32 Å². The van der Waals surface area contributed by atoms with Gasteiger partial charge in [-0.15, -0.1) is 11.3 Å². The predicted octanol–water partition coefficient (Wildman–Crippen LogP) is 2.42. The summed E-state index contributed by atoms with van der Waals surface area (Å²) in [6, 6.07) is 7.98. The van der Waals surface area contributed by atoms with Gasteiger partial charge in [-0.2, -0.15) is 0 Å². The van der Waals surface area contributed by atoms with E-state index in [2.05, 4.69) is 5.32 Å². The number of aromatic carboxylic acids is 1. The number of rotatable bonds is 3. The van der Waals surface area contributed by atoms with Gasteiger partial charge in [0.25, 0.3) is 11.8 Å². The van der Waals surface area contributed by atoms with E-state index < -0.39 is 23.8 Å². The topological polar surface area (TPSA) is 104 Å². The molecule has 0 bridgehead atoms. The molecule has 0 spiro atoms. The molecule has 1 fully saturated rings. The van der Waals surface area contributed by atoms with Gasteiger partial charge in [0.05, 0.1) is 11.3 Å². The van der Waals surface area contributed by atoms with Crippen molar-refractivity contribution in [3.8, 4) is 0 Å². The van der Waals surface area contributed by atoms with Gasteiger partial charge in [0.1, 0.15) is 5.57 Å². The first-order chi connectivity index (χ1) is 11.9. The van der Waals surface area contributed by atoms with Crippen LogP contribution in [0.3, 0.4) is 0 Å². The standard InChI is InChI=1S/C17H12N2O5S/c1-9-2-7-12(25-9)8-13-14(20)18-17(24)19(15(13)21)11-5-3-10(4-6-11)16(22)23/h2-8H,1H3,(H,22,23)(H,18,20,24). The van der Waals surface area contributed by atoms with Crippen LogP contribution in [0.1, 0.15) is 20.1 Å². The Labute approximate surface area is 146 Å². The van der Waals surface area contributed by atoms with E-state index in [-0.39, 0.29) is 16.8 Å². The van der Waals surface area contributed by atoms with Gasteiger partial charge in [-0.3, -0.25) is 14.9 Å². The largest absolute Gasteiger partial charge is 0.478 e. The number of nitrogens with one attached hydrogen (secondary N) is 1. The molecular weight excluding hydrogens is 344 g/mol. The molecule has 7 nitrogen and oxygen atoms in total. The Morgan fingerprint density at radius 1 is 1.12 bits per heavy atom. The maximum absolute atomic E-state index is 12.6. The summed E-state index contributed by atoms with van der Waals surface area (Å²) in [6.45, 7) is 1.90. The first-order valence-electron chi connectivity index (χ1n) is 7.18. The number of hydrogen-bond donors (Lipinski definition) is 2. The summed E-state index contributed by atoms with van der Waals surface area (Å²) >= 11 is 1.41. The van der Waals surface area contributed by atoms with Crippen LogP contribution in [0.25, 0.3) is 6.08 Å². The van der Waals surface area contributed by atoms with Gasteiger partial charge < -0.3 is 5.11 Å². The van der Waals surface area contributed by atoms with Gasteiger partial charge in [-0.05, 0) is 49.4 Å². The fourth-order valence-corrected chi connectivity index (χ4v) is 3.14. The molecule has 8 heteroatoms. The zero-order valence-corrected chi connectivity index (χ0v) is 13.8. The molecule has 1 aromatic carbocycles. The number of urea groups is 1. The van der Waals surface area contributed by atoms with Crippen molar-refractivity contribution in [2.75, 3.05) is 4.90 Å². The lowest BCUT2D eigenvalue weighted by Gasteiger charge is -2.26. The van der Waals surface area contributed by atoms with Crippen LogP contribution < -0.4 is 10.2 Å². The molecule has 4 amide bonds. The van der Waals surface area contributed by atoms with Gasteiger partial charge in [0.15, 0.2) is 0 Å². The van der Waals surface area contributed by atoms with Crippen molar-refractivity contribution in [2.45, 2.75) is 6.92 Å². The third-order valence-electron chi connectivity index (χ3n) is 3.52. The number of benzene rings is 1. The van der Waals surface area contributed by atoms with Gasteiger partial charge in [-0.1, -0.05) is 0 Å². The highest BCUT2D eigenvalue weighted by Gasteiger charge is 2.36. The van der Waals surface area contributed by atoms with Crippen LogP contribution in [-0.4, -0.2) is 28.9 Å². The number of amides is 4. The van der Waals surface area contributed by atoms with E-state index in [1.54, 1.807) is 6.07 Å². The first kappa shape index (κ1) is 16.6. The van der Waals surface area contributed by atoms with Crippen LogP contribution in [0.2, 0.25) is 0 Å². The molecule has 0 unspecified atom stereocenters. The summed E-state index contributed by atoms with van der Waals surface area (Å²) in [4.78, 5) is 50.2. The number of carboxylic acids is 1. The Kier molecular flexibility index (Phi) is 4.20. The van der Waals surface area contributed by atoms with Crippen LogP contribution in [0.15, 0.2) is 42.0 Å². The molecule has 126 valence electrons. The molecule has 0 radical (unpaired) electrons. The monoisotopic (exact) mass is 356 g/mol. The quantitative estimate of drug-likeness (QED) is 0.649. The summed E-state index contributed by atoms with van der Waals surface area (Å²) in [7, 11) is 0. The summed E-state index contributed by atoms with van der Waals surface area (Å²) in [5.41, 5.74) is 0.0338. The van der Waals surface area contributed by atoms with Gasteiger partial charge in [0.2, 0.25) is 0 Å². The van der Waals surface area contributed by atoms with Crippen molar-refractivity contribution >= 4 is 46.9 Å². The minimum Gasteiger partial charge on any atom is -0.478 e. The average Bonchev–Trinajstić information content (AvgIpc) is 2.97. The molecule has 2 aromatic rings. The van der Waals surface area contributed by atoms with Crippen LogP contribution in [-0.2, 0) is 9.59 Å². The third-order valence-corrected chi connectivity index (χ3v) is 4.47. The minimum atomic E-state index is -1.12. The highest BCUT2D eigenvalue weighted by Crippen LogP contribution is 2.24. The van der Waals surface area contributed by atoms with E-state index in [1.807, 2.05) is 13.0 Å². The third kappa shape index (κ3) is 3.20. The normalized spacial score (nSPS) is 16.3.